The second-order valence-electron chi connectivity index (χ2n) is 7.85. The summed E-state index contributed by atoms with van der Waals surface area (Å²) in [7, 11) is 1.84. The number of piperidine rings is 1. The molecular weight excluding hydrogens is 304 g/mol. The lowest BCUT2D eigenvalue weighted by molar-refractivity contribution is -0.119. The minimum atomic E-state index is -0.359. The quantitative estimate of drug-likeness (QED) is 0.865. The average Bonchev–Trinajstić information content (AvgIpc) is 2.88. The van der Waals surface area contributed by atoms with Gasteiger partial charge in [-0.15, -0.1) is 0 Å². The molecule has 2 rings (SSSR count). The molecule has 0 aromatic carbocycles. The molecule has 2 atom stereocenters. The molecular formula is C18H32N4O2. The maximum atomic E-state index is 12.5. The van der Waals surface area contributed by atoms with Crippen LogP contribution in [0.15, 0.2) is 6.07 Å². The fourth-order valence-corrected chi connectivity index (χ4v) is 3.24. The number of aliphatic hydroxyl groups is 1. The minimum absolute atomic E-state index is 0.0475. The van der Waals surface area contributed by atoms with Crippen LogP contribution in [0.3, 0.4) is 0 Å². The predicted octanol–water partition coefficient (Wildman–Crippen LogP) is 2.28. The van der Waals surface area contributed by atoms with Gasteiger partial charge in [-0.05, 0) is 25.8 Å². The van der Waals surface area contributed by atoms with E-state index in [-0.39, 0.29) is 23.5 Å². The van der Waals surface area contributed by atoms with E-state index in [0.29, 0.717) is 6.54 Å². The fraction of sp³-hybridized carbons (Fsp3) is 0.778. The van der Waals surface area contributed by atoms with Gasteiger partial charge in [0.05, 0.1) is 18.3 Å². The van der Waals surface area contributed by atoms with Gasteiger partial charge in [0.25, 0.3) is 0 Å². The molecule has 1 amide bonds. The minimum Gasteiger partial charge on any atom is -0.392 e. The van der Waals surface area contributed by atoms with E-state index in [9.17, 15) is 9.90 Å². The van der Waals surface area contributed by atoms with Gasteiger partial charge in [-0.2, -0.15) is 5.10 Å². The Morgan fingerprint density at radius 3 is 2.75 bits per heavy atom. The number of nitrogens with zero attached hydrogens (tertiary/aromatic N) is 3. The van der Waals surface area contributed by atoms with Crippen molar-refractivity contribution in [2.45, 2.75) is 70.9 Å². The summed E-state index contributed by atoms with van der Waals surface area (Å²) in [5.74, 6) is 0.670. The summed E-state index contributed by atoms with van der Waals surface area (Å²) in [6, 6.07) is 2.03. The number of aryl methyl sites for hydroxylation is 1. The molecule has 1 aliphatic heterocycles. The number of aromatic nitrogens is 2. The highest BCUT2D eigenvalue weighted by Gasteiger charge is 2.29. The van der Waals surface area contributed by atoms with Gasteiger partial charge in [0.15, 0.2) is 0 Å². The lowest BCUT2D eigenvalue weighted by Crippen LogP contribution is -2.49. The molecule has 2 heterocycles. The van der Waals surface area contributed by atoms with E-state index >= 15 is 0 Å². The van der Waals surface area contributed by atoms with Crippen molar-refractivity contribution in [1.29, 1.82) is 0 Å². The van der Waals surface area contributed by atoms with Gasteiger partial charge in [0.1, 0.15) is 5.82 Å². The average molecular weight is 336 g/mol. The molecule has 0 saturated carbocycles. The first-order chi connectivity index (χ1) is 11.2. The van der Waals surface area contributed by atoms with Crippen LogP contribution in [-0.4, -0.2) is 50.9 Å². The molecule has 0 radical (unpaired) electrons. The number of hydrogen-bond acceptors (Lipinski definition) is 4. The highest BCUT2D eigenvalue weighted by atomic mass is 16.3. The van der Waals surface area contributed by atoms with E-state index in [4.69, 9.17) is 0 Å². The SMILES string of the molecule is CCC(O)C1CCCCN1CC(=O)Nc1cc(C(C)(C)C)nn1C. The number of hydrogen-bond donors (Lipinski definition) is 2. The van der Waals surface area contributed by atoms with E-state index in [1.54, 1.807) is 4.68 Å². The molecule has 1 aliphatic rings. The van der Waals surface area contributed by atoms with Crippen molar-refractivity contribution in [3.8, 4) is 0 Å². The summed E-state index contributed by atoms with van der Waals surface area (Å²) in [6.45, 7) is 9.48. The van der Waals surface area contributed by atoms with Crippen LogP contribution in [-0.2, 0) is 17.3 Å². The third kappa shape index (κ3) is 4.57. The van der Waals surface area contributed by atoms with Crippen LogP contribution >= 0.6 is 0 Å². The number of carbonyl (C=O) groups is 1. The highest BCUT2D eigenvalue weighted by molar-refractivity contribution is 5.91. The number of nitrogens with one attached hydrogen (secondary N) is 1. The van der Waals surface area contributed by atoms with Crippen LogP contribution in [0.4, 0.5) is 5.82 Å². The van der Waals surface area contributed by atoms with E-state index in [2.05, 4.69) is 36.1 Å². The molecule has 1 fully saturated rings. The van der Waals surface area contributed by atoms with E-state index in [1.807, 2.05) is 20.0 Å². The first kappa shape index (κ1) is 18.9. The van der Waals surface area contributed by atoms with E-state index < -0.39 is 0 Å². The van der Waals surface area contributed by atoms with Crippen molar-refractivity contribution in [2.24, 2.45) is 7.05 Å². The van der Waals surface area contributed by atoms with Crippen molar-refractivity contribution in [2.75, 3.05) is 18.4 Å². The highest BCUT2D eigenvalue weighted by Crippen LogP contribution is 2.24. The van der Waals surface area contributed by atoms with Crippen LogP contribution < -0.4 is 5.32 Å². The summed E-state index contributed by atoms with van der Waals surface area (Å²) in [5.41, 5.74) is 0.904. The summed E-state index contributed by atoms with van der Waals surface area (Å²) < 4.78 is 1.72. The summed E-state index contributed by atoms with van der Waals surface area (Å²) in [6.07, 6.45) is 3.53. The van der Waals surface area contributed by atoms with Gasteiger partial charge in [0.2, 0.25) is 5.91 Å². The van der Waals surface area contributed by atoms with Gasteiger partial charge in [-0.25, -0.2) is 0 Å². The Kier molecular flexibility index (Phi) is 6.04. The Bertz CT molecular complexity index is 562. The lowest BCUT2D eigenvalue weighted by Gasteiger charge is -2.37. The summed E-state index contributed by atoms with van der Waals surface area (Å²) in [4.78, 5) is 14.6. The maximum absolute atomic E-state index is 12.5. The molecule has 0 bridgehead atoms. The van der Waals surface area contributed by atoms with Gasteiger partial charge in [-0.3, -0.25) is 14.4 Å². The Balaban J connectivity index is 2.01. The molecule has 2 unspecified atom stereocenters. The van der Waals surface area contributed by atoms with Crippen LogP contribution in [0, 0.1) is 0 Å². The van der Waals surface area contributed by atoms with Gasteiger partial charge < -0.3 is 10.4 Å². The van der Waals surface area contributed by atoms with Crippen LogP contribution in [0.5, 0.6) is 0 Å². The number of likely N-dealkylation sites (tertiary alicyclic amines) is 1. The smallest absolute Gasteiger partial charge is 0.239 e. The lowest BCUT2D eigenvalue weighted by atomic mass is 9.92. The van der Waals surface area contributed by atoms with Gasteiger partial charge >= 0.3 is 0 Å². The number of aliphatic hydroxyl groups excluding tert-OH is 1. The number of anilines is 1. The molecule has 0 aliphatic carbocycles. The Morgan fingerprint density at radius 2 is 2.17 bits per heavy atom. The normalized spacial score (nSPS) is 20.8. The Hall–Kier alpha value is -1.40. The maximum Gasteiger partial charge on any atom is 0.239 e. The van der Waals surface area contributed by atoms with Crippen LogP contribution in [0.25, 0.3) is 0 Å². The van der Waals surface area contributed by atoms with Gasteiger partial charge in [0, 0.05) is 24.6 Å². The Labute approximate surface area is 145 Å². The zero-order valence-electron chi connectivity index (χ0n) is 15.7. The molecule has 136 valence electrons. The number of rotatable bonds is 5. The molecule has 0 spiro atoms. The molecule has 1 aromatic heterocycles. The van der Waals surface area contributed by atoms with Crippen molar-refractivity contribution in [3.63, 3.8) is 0 Å². The van der Waals surface area contributed by atoms with Gasteiger partial charge in [-0.1, -0.05) is 34.1 Å². The third-order valence-electron chi connectivity index (χ3n) is 4.79. The fourth-order valence-electron chi connectivity index (χ4n) is 3.24. The molecule has 1 aromatic rings. The van der Waals surface area contributed by atoms with Crippen molar-refractivity contribution in [3.05, 3.63) is 11.8 Å². The van der Waals surface area contributed by atoms with E-state index in [1.165, 1.54) is 0 Å². The monoisotopic (exact) mass is 336 g/mol. The summed E-state index contributed by atoms with van der Waals surface area (Å²) >= 11 is 0. The molecule has 1 saturated heterocycles. The first-order valence-corrected chi connectivity index (χ1v) is 8.99. The Morgan fingerprint density at radius 1 is 1.46 bits per heavy atom. The molecule has 6 heteroatoms. The van der Waals surface area contributed by atoms with Crippen molar-refractivity contribution < 1.29 is 9.90 Å². The van der Waals surface area contributed by atoms with Crippen molar-refractivity contribution >= 4 is 11.7 Å². The molecule has 6 nitrogen and oxygen atoms in total. The number of carbonyl (C=O) groups excluding carboxylic acids is 1. The second-order valence-corrected chi connectivity index (χ2v) is 7.85. The summed E-state index contributed by atoms with van der Waals surface area (Å²) in [5, 5.41) is 17.7. The molecule has 24 heavy (non-hydrogen) atoms. The topological polar surface area (TPSA) is 70.4 Å². The third-order valence-corrected chi connectivity index (χ3v) is 4.79. The standard InChI is InChI=1S/C18H32N4O2/c1-6-14(23)13-9-7-8-10-22(13)12-17(24)19-16-11-15(18(2,3)4)20-21(16)5/h11,13-14,23H,6-10,12H2,1-5H3,(H,19,24). The van der Waals surface area contributed by atoms with Crippen LogP contribution in [0.1, 0.15) is 59.1 Å². The predicted molar refractivity (Wildman–Crippen MR) is 96.0 cm³/mol. The molecule has 2 N–H and O–H groups in total. The first-order valence-electron chi connectivity index (χ1n) is 8.99. The zero-order valence-corrected chi connectivity index (χ0v) is 15.7. The number of amides is 1. The van der Waals surface area contributed by atoms with E-state index in [0.717, 1.165) is 43.7 Å². The second kappa shape index (κ2) is 7.66. The zero-order chi connectivity index (χ0) is 17.9. The largest absolute Gasteiger partial charge is 0.392 e. The van der Waals surface area contributed by atoms with Crippen molar-refractivity contribution in [1.82, 2.24) is 14.7 Å². The van der Waals surface area contributed by atoms with Crippen LogP contribution in [0.2, 0.25) is 0 Å².